The summed E-state index contributed by atoms with van der Waals surface area (Å²) in [6.45, 7) is 2.26. The Morgan fingerprint density at radius 1 is 1.00 bits per heavy atom. The number of methoxy groups -OCH3 is 1. The highest BCUT2D eigenvalue weighted by Crippen LogP contribution is 2.37. The van der Waals surface area contributed by atoms with E-state index in [1.54, 1.807) is 13.2 Å². The van der Waals surface area contributed by atoms with Gasteiger partial charge in [-0.2, -0.15) is 0 Å². The van der Waals surface area contributed by atoms with Crippen molar-refractivity contribution in [3.05, 3.63) is 82.3 Å². The third kappa shape index (κ3) is 3.29. The summed E-state index contributed by atoms with van der Waals surface area (Å²) in [6, 6.07) is 19.6. The first-order valence-corrected chi connectivity index (χ1v) is 9.76. The lowest BCUT2D eigenvalue weighted by atomic mass is 10.0. The minimum absolute atomic E-state index is 0.251. The molecule has 4 rings (SSSR count). The molecule has 0 bridgehead atoms. The van der Waals surface area contributed by atoms with Gasteiger partial charge in [0.1, 0.15) is 5.75 Å². The van der Waals surface area contributed by atoms with Crippen LogP contribution in [0.15, 0.2) is 65.6 Å². The highest BCUT2D eigenvalue weighted by atomic mass is 32.2. The summed E-state index contributed by atoms with van der Waals surface area (Å²) in [4.78, 5) is 27.2. The first kappa shape index (κ1) is 18.3. The van der Waals surface area contributed by atoms with Crippen molar-refractivity contribution in [1.29, 1.82) is 0 Å². The van der Waals surface area contributed by atoms with Crippen molar-refractivity contribution in [3.63, 3.8) is 0 Å². The Morgan fingerprint density at radius 3 is 2.54 bits per heavy atom. The Balaban J connectivity index is 1.72. The fourth-order valence-corrected chi connectivity index (χ4v) is 4.15. The van der Waals surface area contributed by atoms with Crippen molar-refractivity contribution in [3.8, 4) is 5.75 Å². The van der Waals surface area contributed by atoms with Crippen LogP contribution in [-0.4, -0.2) is 23.2 Å². The van der Waals surface area contributed by atoms with E-state index in [9.17, 15) is 9.59 Å². The van der Waals surface area contributed by atoms with Crippen LogP contribution < -0.4 is 4.74 Å². The first-order chi connectivity index (χ1) is 13.6. The van der Waals surface area contributed by atoms with Gasteiger partial charge >= 0.3 is 0 Å². The molecule has 0 unspecified atom stereocenters. The number of hydrogen-bond donors (Lipinski definition) is 0. The van der Waals surface area contributed by atoms with Crippen molar-refractivity contribution in [2.24, 2.45) is 0 Å². The molecule has 0 spiro atoms. The highest BCUT2D eigenvalue weighted by Gasteiger charge is 2.35. The van der Waals surface area contributed by atoms with Crippen molar-refractivity contribution >= 4 is 39.8 Å². The molecule has 1 fully saturated rings. The predicted octanol–water partition coefficient (Wildman–Crippen LogP) is 5.39. The summed E-state index contributed by atoms with van der Waals surface area (Å²) in [7, 11) is 1.60. The number of hydrogen-bond acceptors (Lipinski definition) is 4. The number of thioether (sulfide) groups is 1. The molecule has 0 radical (unpaired) electrons. The number of carbonyl (C=O) groups is 2. The number of carbonyl (C=O) groups excluding carboxylic acids is 2. The zero-order valence-electron chi connectivity index (χ0n) is 15.6. The van der Waals surface area contributed by atoms with Gasteiger partial charge in [0, 0.05) is 5.56 Å². The fraction of sp³-hybridized carbons (Fsp3) is 0.130. The molecule has 0 N–H and O–H groups in total. The molecule has 0 saturated carbocycles. The Labute approximate surface area is 167 Å². The van der Waals surface area contributed by atoms with Gasteiger partial charge in [-0.15, -0.1) is 0 Å². The SMILES string of the molecule is COc1ccc2ccccc2c1/C=C1\SC(=O)N(Cc2ccccc2C)C1=O. The molecule has 0 aromatic heterocycles. The number of rotatable bonds is 4. The smallest absolute Gasteiger partial charge is 0.293 e. The maximum atomic E-state index is 12.9. The van der Waals surface area contributed by atoms with E-state index in [4.69, 9.17) is 4.74 Å². The Hall–Kier alpha value is -3.05. The molecule has 28 heavy (non-hydrogen) atoms. The van der Waals surface area contributed by atoms with Gasteiger partial charge in [0.15, 0.2) is 0 Å². The van der Waals surface area contributed by atoms with Crippen LogP contribution in [-0.2, 0) is 11.3 Å². The maximum absolute atomic E-state index is 12.9. The zero-order valence-corrected chi connectivity index (χ0v) is 16.5. The summed E-state index contributed by atoms with van der Waals surface area (Å²) in [6.07, 6.45) is 1.77. The van der Waals surface area contributed by atoms with Gasteiger partial charge in [-0.05, 0) is 52.7 Å². The van der Waals surface area contributed by atoms with E-state index in [0.29, 0.717) is 10.7 Å². The second-order valence-corrected chi connectivity index (χ2v) is 7.59. The Morgan fingerprint density at radius 2 is 1.75 bits per heavy atom. The average molecular weight is 389 g/mol. The standard InChI is InChI=1S/C23H19NO3S/c1-15-7-3-4-9-17(15)14-24-22(25)21(28-23(24)26)13-19-18-10-6-5-8-16(18)11-12-20(19)27-2/h3-13H,14H2,1-2H3/b21-13-. The van der Waals surface area contributed by atoms with E-state index in [1.165, 1.54) is 4.90 Å². The molecule has 1 heterocycles. The molecule has 2 amide bonds. The number of benzene rings is 3. The number of nitrogens with zero attached hydrogens (tertiary/aromatic N) is 1. The van der Waals surface area contributed by atoms with E-state index in [0.717, 1.165) is 39.2 Å². The molecular formula is C23H19NO3S. The lowest BCUT2D eigenvalue weighted by Gasteiger charge is -2.14. The van der Waals surface area contributed by atoms with Gasteiger partial charge in [0.25, 0.3) is 11.1 Å². The summed E-state index contributed by atoms with van der Waals surface area (Å²) >= 11 is 0.972. The van der Waals surface area contributed by atoms with E-state index in [2.05, 4.69) is 0 Å². The van der Waals surface area contributed by atoms with Crippen LogP contribution in [0.4, 0.5) is 4.79 Å². The second-order valence-electron chi connectivity index (χ2n) is 6.60. The first-order valence-electron chi connectivity index (χ1n) is 8.94. The van der Waals surface area contributed by atoms with Gasteiger partial charge in [0.05, 0.1) is 18.6 Å². The van der Waals surface area contributed by atoms with Gasteiger partial charge in [-0.3, -0.25) is 14.5 Å². The number of imide groups is 1. The van der Waals surface area contributed by atoms with Crippen molar-refractivity contribution in [1.82, 2.24) is 4.90 Å². The lowest BCUT2D eigenvalue weighted by molar-refractivity contribution is -0.123. The van der Waals surface area contributed by atoms with E-state index in [1.807, 2.05) is 67.6 Å². The van der Waals surface area contributed by atoms with Crippen LogP contribution in [0, 0.1) is 6.92 Å². The number of fused-ring (bicyclic) bond motifs is 1. The topological polar surface area (TPSA) is 46.6 Å². The van der Waals surface area contributed by atoms with Gasteiger partial charge < -0.3 is 4.74 Å². The Bertz CT molecular complexity index is 1120. The summed E-state index contributed by atoms with van der Waals surface area (Å²) in [5.41, 5.74) is 2.83. The third-order valence-corrected chi connectivity index (χ3v) is 5.80. The molecule has 4 nitrogen and oxygen atoms in total. The van der Waals surface area contributed by atoms with Crippen LogP contribution in [0.1, 0.15) is 16.7 Å². The molecule has 1 aliphatic heterocycles. The zero-order chi connectivity index (χ0) is 19.7. The van der Waals surface area contributed by atoms with Crippen molar-refractivity contribution < 1.29 is 14.3 Å². The molecule has 0 atom stereocenters. The van der Waals surface area contributed by atoms with Crippen molar-refractivity contribution in [2.45, 2.75) is 13.5 Å². The minimum atomic E-state index is -0.270. The van der Waals surface area contributed by atoms with Crippen LogP contribution in [0.5, 0.6) is 5.75 Å². The van der Waals surface area contributed by atoms with Crippen LogP contribution in [0.2, 0.25) is 0 Å². The van der Waals surface area contributed by atoms with Gasteiger partial charge in [0.2, 0.25) is 0 Å². The van der Waals surface area contributed by atoms with Gasteiger partial charge in [-0.25, -0.2) is 0 Å². The lowest BCUT2D eigenvalue weighted by Crippen LogP contribution is -2.27. The van der Waals surface area contributed by atoms with E-state index in [-0.39, 0.29) is 17.7 Å². The molecule has 1 aliphatic rings. The van der Waals surface area contributed by atoms with Crippen molar-refractivity contribution in [2.75, 3.05) is 7.11 Å². The van der Waals surface area contributed by atoms with E-state index >= 15 is 0 Å². The normalized spacial score (nSPS) is 15.6. The van der Waals surface area contributed by atoms with Gasteiger partial charge in [-0.1, -0.05) is 54.6 Å². The van der Waals surface area contributed by atoms with E-state index < -0.39 is 0 Å². The highest BCUT2D eigenvalue weighted by molar-refractivity contribution is 8.18. The molecule has 3 aromatic rings. The third-order valence-electron chi connectivity index (χ3n) is 4.89. The predicted molar refractivity (Wildman–Crippen MR) is 113 cm³/mol. The molecule has 140 valence electrons. The molecule has 5 heteroatoms. The molecule has 3 aromatic carbocycles. The summed E-state index contributed by atoms with van der Waals surface area (Å²) < 4.78 is 5.50. The monoisotopic (exact) mass is 389 g/mol. The largest absolute Gasteiger partial charge is 0.496 e. The molecule has 1 saturated heterocycles. The molecule has 0 aliphatic carbocycles. The average Bonchev–Trinajstić information content (AvgIpc) is 2.97. The number of aryl methyl sites for hydroxylation is 1. The number of amides is 2. The minimum Gasteiger partial charge on any atom is -0.496 e. The quantitative estimate of drug-likeness (QED) is 0.561. The van der Waals surface area contributed by atoms with Crippen LogP contribution in [0.25, 0.3) is 16.8 Å². The second kappa shape index (κ2) is 7.52. The fourth-order valence-electron chi connectivity index (χ4n) is 3.33. The number of ether oxygens (including phenoxy) is 1. The maximum Gasteiger partial charge on any atom is 0.293 e. The summed E-state index contributed by atoms with van der Waals surface area (Å²) in [5, 5.41) is 1.78. The Kier molecular flexibility index (Phi) is 4.92. The van der Waals surface area contributed by atoms with Crippen LogP contribution >= 0.6 is 11.8 Å². The van der Waals surface area contributed by atoms with Crippen LogP contribution in [0.3, 0.4) is 0 Å². The molecular weight excluding hydrogens is 370 g/mol. The summed E-state index contributed by atoms with van der Waals surface area (Å²) in [5.74, 6) is 0.401.